The Balaban J connectivity index is 1.98. The van der Waals surface area contributed by atoms with Crippen molar-refractivity contribution in [3.05, 3.63) is 35.9 Å². The van der Waals surface area contributed by atoms with E-state index in [0.29, 0.717) is 13.2 Å². The quantitative estimate of drug-likeness (QED) is 0.672. The minimum absolute atomic E-state index is 0.113. The highest BCUT2D eigenvalue weighted by atomic mass is 32.2. The van der Waals surface area contributed by atoms with Gasteiger partial charge in [0.1, 0.15) is 0 Å². The zero-order chi connectivity index (χ0) is 14.8. The topological polar surface area (TPSA) is 55.4 Å². The molecule has 0 aliphatic carbocycles. The van der Waals surface area contributed by atoms with Crippen molar-refractivity contribution in [1.82, 2.24) is 5.32 Å². The first kappa shape index (κ1) is 17.1. The molecule has 0 saturated heterocycles. The number of hydrogen-bond donors (Lipinski definition) is 1. The lowest BCUT2D eigenvalue weighted by Gasteiger charge is -2.08. The number of ether oxygens (including phenoxy) is 1. The van der Waals surface area contributed by atoms with Crippen LogP contribution in [0.4, 0.5) is 0 Å². The molecule has 0 aliphatic heterocycles. The van der Waals surface area contributed by atoms with Crippen molar-refractivity contribution in [2.75, 3.05) is 25.5 Å². The van der Waals surface area contributed by atoms with Crippen molar-refractivity contribution in [2.45, 2.75) is 32.1 Å². The predicted octanol–water partition coefficient (Wildman–Crippen LogP) is 2.01. The van der Waals surface area contributed by atoms with Crippen LogP contribution in [0.2, 0.25) is 0 Å². The van der Waals surface area contributed by atoms with Gasteiger partial charge in [-0.2, -0.15) is 0 Å². The van der Waals surface area contributed by atoms with Crippen LogP contribution in [-0.4, -0.2) is 39.2 Å². The van der Waals surface area contributed by atoms with Crippen molar-refractivity contribution in [2.24, 2.45) is 0 Å². The third kappa shape index (κ3) is 7.03. The van der Waals surface area contributed by atoms with E-state index in [2.05, 4.69) is 17.4 Å². The van der Waals surface area contributed by atoms with Gasteiger partial charge in [-0.15, -0.1) is 0 Å². The first-order valence-corrected chi connectivity index (χ1v) is 8.78. The fourth-order valence-electron chi connectivity index (χ4n) is 1.64. The summed E-state index contributed by atoms with van der Waals surface area (Å²) in [6.45, 7) is 5.99. The Bertz CT molecular complexity index is 457. The minimum atomic E-state index is -2.97. The van der Waals surface area contributed by atoms with E-state index < -0.39 is 9.84 Å². The summed E-state index contributed by atoms with van der Waals surface area (Å²) >= 11 is 0. The van der Waals surface area contributed by atoms with Crippen LogP contribution in [0, 0.1) is 0 Å². The molecule has 0 amide bonds. The zero-order valence-corrected chi connectivity index (χ0v) is 13.2. The normalized spacial score (nSPS) is 11.9. The van der Waals surface area contributed by atoms with Gasteiger partial charge in [0.15, 0.2) is 9.84 Å². The highest BCUT2D eigenvalue weighted by Crippen LogP contribution is 2.00. The molecular formula is C15H25NO3S. The van der Waals surface area contributed by atoms with Crippen molar-refractivity contribution in [3.63, 3.8) is 0 Å². The molecule has 0 aromatic heterocycles. The fourth-order valence-corrected chi connectivity index (χ4v) is 2.46. The molecule has 0 saturated carbocycles. The van der Waals surface area contributed by atoms with Crippen molar-refractivity contribution >= 4 is 9.84 Å². The van der Waals surface area contributed by atoms with Gasteiger partial charge in [0.2, 0.25) is 0 Å². The summed E-state index contributed by atoms with van der Waals surface area (Å²) in [6.07, 6.45) is 0.883. The molecule has 0 fully saturated rings. The summed E-state index contributed by atoms with van der Waals surface area (Å²) in [7, 11) is -2.97. The second-order valence-electron chi connectivity index (χ2n) is 5.04. The Morgan fingerprint density at radius 1 is 1.15 bits per heavy atom. The maximum Gasteiger partial charge on any atom is 0.154 e. The summed E-state index contributed by atoms with van der Waals surface area (Å²) in [6, 6.07) is 10.2. The van der Waals surface area contributed by atoms with Crippen LogP contribution >= 0.6 is 0 Å². The first-order chi connectivity index (χ1) is 9.52. The molecule has 0 aliphatic rings. The molecule has 0 bridgehead atoms. The largest absolute Gasteiger partial charge is 0.380 e. The number of nitrogens with one attached hydrogen (secondary N) is 1. The van der Waals surface area contributed by atoms with E-state index in [4.69, 9.17) is 4.74 Å². The molecule has 0 spiro atoms. The number of hydrogen-bond acceptors (Lipinski definition) is 4. The number of rotatable bonds is 10. The molecule has 0 radical (unpaired) electrons. The summed E-state index contributed by atoms with van der Waals surface area (Å²) in [5.41, 5.74) is 1.26. The Kier molecular flexibility index (Phi) is 7.80. The van der Waals surface area contributed by atoms with Crippen LogP contribution in [0.3, 0.4) is 0 Å². The molecule has 20 heavy (non-hydrogen) atoms. The molecule has 1 N–H and O–H groups in total. The van der Waals surface area contributed by atoms with Crippen LogP contribution in [0.25, 0.3) is 0 Å². The van der Waals surface area contributed by atoms with Gasteiger partial charge in [-0.1, -0.05) is 30.3 Å². The first-order valence-electron chi connectivity index (χ1n) is 7.06. The van der Waals surface area contributed by atoms with Gasteiger partial charge >= 0.3 is 0 Å². The van der Waals surface area contributed by atoms with Crippen molar-refractivity contribution in [1.29, 1.82) is 0 Å². The van der Waals surface area contributed by atoms with Crippen LogP contribution in [0.5, 0.6) is 0 Å². The van der Waals surface area contributed by atoms with Crippen molar-refractivity contribution in [3.8, 4) is 0 Å². The van der Waals surface area contributed by atoms with E-state index in [0.717, 1.165) is 19.5 Å². The molecule has 4 nitrogen and oxygen atoms in total. The van der Waals surface area contributed by atoms with Crippen LogP contribution in [-0.2, 0) is 21.1 Å². The Labute approximate surface area is 122 Å². The maximum atomic E-state index is 11.5. The van der Waals surface area contributed by atoms with Gasteiger partial charge in [-0.3, -0.25) is 0 Å². The molecule has 1 rings (SSSR count). The second-order valence-corrected chi connectivity index (χ2v) is 7.72. The number of sulfone groups is 1. The highest BCUT2D eigenvalue weighted by Gasteiger charge is 2.15. The molecule has 0 atom stereocenters. The minimum Gasteiger partial charge on any atom is -0.380 e. The van der Waals surface area contributed by atoms with Crippen LogP contribution < -0.4 is 5.32 Å². The Hall–Kier alpha value is -0.910. The fraction of sp³-hybridized carbons (Fsp3) is 0.600. The van der Waals surface area contributed by atoms with E-state index in [1.54, 1.807) is 13.8 Å². The lowest BCUT2D eigenvalue weighted by atomic mass is 10.2. The smallest absolute Gasteiger partial charge is 0.154 e. The lowest BCUT2D eigenvalue weighted by Crippen LogP contribution is -2.22. The van der Waals surface area contributed by atoms with Gasteiger partial charge in [-0.05, 0) is 32.4 Å². The van der Waals surface area contributed by atoms with E-state index in [1.165, 1.54) is 5.56 Å². The average Bonchev–Trinajstić information content (AvgIpc) is 2.42. The summed E-state index contributed by atoms with van der Waals surface area (Å²) in [5, 5.41) is 3.01. The molecular weight excluding hydrogens is 274 g/mol. The standard InChI is InChI=1S/C15H25NO3S/c1-14(2)20(17,18)12-11-19-10-6-9-16-13-15-7-4-3-5-8-15/h3-5,7-8,14,16H,6,9-13H2,1-2H3. The Morgan fingerprint density at radius 3 is 2.50 bits per heavy atom. The molecule has 1 aromatic carbocycles. The average molecular weight is 299 g/mol. The van der Waals surface area contributed by atoms with Gasteiger partial charge in [0, 0.05) is 13.2 Å². The molecule has 0 unspecified atom stereocenters. The molecule has 0 heterocycles. The van der Waals surface area contributed by atoms with Gasteiger partial charge in [-0.25, -0.2) is 8.42 Å². The molecule has 5 heteroatoms. The van der Waals surface area contributed by atoms with Crippen molar-refractivity contribution < 1.29 is 13.2 Å². The van der Waals surface area contributed by atoms with E-state index >= 15 is 0 Å². The SMILES string of the molecule is CC(C)S(=O)(=O)CCOCCCNCc1ccccc1. The predicted molar refractivity (Wildman–Crippen MR) is 82.5 cm³/mol. The van der Waals surface area contributed by atoms with E-state index in [-0.39, 0.29) is 11.0 Å². The third-order valence-electron chi connectivity index (χ3n) is 3.04. The van der Waals surface area contributed by atoms with Crippen LogP contribution in [0.1, 0.15) is 25.8 Å². The Morgan fingerprint density at radius 2 is 1.85 bits per heavy atom. The highest BCUT2D eigenvalue weighted by molar-refractivity contribution is 7.91. The summed E-state index contributed by atoms with van der Waals surface area (Å²) < 4.78 is 28.4. The number of benzene rings is 1. The summed E-state index contributed by atoms with van der Waals surface area (Å²) in [4.78, 5) is 0. The van der Waals surface area contributed by atoms with E-state index in [9.17, 15) is 8.42 Å². The molecule has 114 valence electrons. The van der Waals surface area contributed by atoms with Gasteiger partial charge in [0.05, 0.1) is 17.6 Å². The van der Waals surface area contributed by atoms with Gasteiger partial charge in [0.25, 0.3) is 0 Å². The molecule has 1 aromatic rings. The zero-order valence-electron chi connectivity index (χ0n) is 12.3. The van der Waals surface area contributed by atoms with Crippen LogP contribution in [0.15, 0.2) is 30.3 Å². The maximum absolute atomic E-state index is 11.5. The lowest BCUT2D eigenvalue weighted by molar-refractivity contribution is 0.146. The van der Waals surface area contributed by atoms with Gasteiger partial charge < -0.3 is 10.1 Å². The summed E-state index contributed by atoms with van der Waals surface area (Å²) in [5.74, 6) is 0.113. The van der Waals surface area contributed by atoms with E-state index in [1.807, 2.05) is 18.2 Å². The third-order valence-corrected chi connectivity index (χ3v) is 5.22. The second kappa shape index (κ2) is 9.10. The monoisotopic (exact) mass is 299 g/mol.